The van der Waals surface area contributed by atoms with Crippen molar-refractivity contribution in [2.45, 2.75) is 31.2 Å². The molecular weight excluding hydrogens is 445 g/mol. The molecule has 0 radical (unpaired) electrons. The number of carbonyl (C=O) groups excluding carboxylic acids is 1. The fourth-order valence-corrected chi connectivity index (χ4v) is 3.51. The first kappa shape index (κ1) is 23.3. The number of amides is 1. The molecule has 1 atom stereocenters. The van der Waals surface area contributed by atoms with Crippen molar-refractivity contribution in [3.05, 3.63) is 53.0 Å². The molecule has 1 aromatic heterocycles. The molecule has 32 heavy (non-hydrogen) atoms. The molecule has 3 rings (SSSR count). The summed E-state index contributed by atoms with van der Waals surface area (Å²) < 4.78 is 93.2. The maximum Gasteiger partial charge on any atom is 0.433 e. The average molecular weight is 460 g/mol. The molecule has 2 heterocycles. The van der Waals surface area contributed by atoms with Gasteiger partial charge < -0.3 is 9.80 Å². The summed E-state index contributed by atoms with van der Waals surface area (Å²) in [6.07, 6.45) is -10.0. The van der Waals surface area contributed by atoms with Gasteiger partial charge >= 0.3 is 12.4 Å². The zero-order valence-electron chi connectivity index (χ0n) is 16.4. The van der Waals surface area contributed by atoms with Gasteiger partial charge in [-0.3, -0.25) is 4.79 Å². The van der Waals surface area contributed by atoms with E-state index in [-0.39, 0.29) is 31.1 Å². The van der Waals surface area contributed by atoms with Gasteiger partial charge in [0.25, 0.3) is 0 Å². The predicted molar refractivity (Wildman–Crippen MR) is 99.1 cm³/mol. The molecule has 1 amide bonds. The van der Waals surface area contributed by atoms with Gasteiger partial charge in [0, 0.05) is 19.3 Å². The minimum absolute atomic E-state index is 0.0754. The van der Waals surface area contributed by atoms with E-state index in [4.69, 9.17) is 0 Å². The average Bonchev–Trinajstić information content (AvgIpc) is 3.20. The lowest BCUT2D eigenvalue weighted by Gasteiger charge is -2.30. The second kappa shape index (κ2) is 8.29. The van der Waals surface area contributed by atoms with E-state index in [1.54, 1.807) is 0 Å². The molecule has 1 aliphatic rings. The first-order chi connectivity index (χ1) is 14.8. The van der Waals surface area contributed by atoms with Crippen molar-refractivity contribution in [2.75, 3.05) is 23.4 Å². The maximum atomic E-state index is 13.4. The molecule has 0 bridgehead atoms. The summed E-state index contributed by atoms with van der Waals surface area (Å²) in [5.41, 5.74) is -4.41. The molecule has 1 aromatic carbocycles. The molecule has 5 nitrogen and oxygen atoms in total. The number of aromatic nitrogens is 1. The number of nitriles is 1. The molecule has 1 saturated heterocycles. The second-order valence-electron chi connectivity index (χ2n) is 7.09. The van der Waals surface area contributed by atoms with Gasteiger partial charge in [0.15, 0.2) is 0 Å². The van der Waals surface area contributed by atoms with Crippen LogP contribution >= 0.6 is 0 Å². The van der Waals surface area contributed by atoms with Crippen LogP contribution in [0.3, 0.4) is 0 Å². The van der Waals surface area contributed by atoms with Crippen molar-refractivity contribution in [1.82, 2.24) is 4.98 Å². The Kier molecular flexibility index (Phi) is 6.04. The first-order valence-electron chi connectivity index (χ1n) is 9.24. The van der Waals surface area contributed by atoms with Crippen molar-refractivity contribution >= 4 is 17.4 Å². The molecule has 0 N–H and O–H groups in total. The van der Waals surface area contributed by atoms with Gasteiger partial charge in [-0.05, 0) is 43.2 Å². The van der Waals surface area contributed by atoms with Gasteiger partial charge in [-0.25, -0.2) is 9.37 Å². The van der Waals surface area contributed by atoms with Crippen LogP contribution in [-0.4, -0.2) is 30.5 Å². The van der Waals surface area contributed by atoms with Crippen molar-refractivity contribution in [1.29, 1.82) is 5.26 Å². The topological polar surface area (TPSA) is 60.2 Å². The first-order valence-corrected chi connectivity index (χ1v) is 9.24. The van der Waals surface area contributed by atoms with E-state index in [2.05, 4.69) is 4.98 Å². The molecule has 2 aromatic rings. The highest BCUT2D eigenvalue weighted by molar-refractivity contribution is 5.99. The molecule has 1 fully saturated rings. The monoisotopic (exact) mass is 460 g/mol. The van der Waals surface area contributed by atoms with Crippen molar-refractivity contribution in [2.24, 2.45) is 0 Å². The highest BCUT2D eigenvalue weighted by atomic mass is 19.4. The smallest absolute Gasteiger partial charge is 0.343 e. The predicted octanol–water partition coefficient (Wildman–Crippen LogP) is 4.76. The number of halogens is 7. The Balaban J connectivity index is 2.08. The summed E-state index contributed by atoms with van der Waals surface area (Å²) in [6, 6.07) is 4.74. The Morgan fingerprint density at radius 2 is 1.78 bits per heavy atom. The summed E-state index contributed by atoms with van der Waals surface area (Å²) in [5.74, 6) is -2.05. The number of rotatable bonds is 3. The quantitative estimate of drug-likeness (QED) is 0.620. The molecule has 0 aliphatic carbocycles. The van der Waals surface area contributed by atoms with Crippen LogP contribution in [0.1, 0.15) is 29.7 Å². The van der Waals surface area contributed by atoms with Gasteiger partial charge in [0.05, 0.1) is 5.56 Å². The number of likely N-dealkylation sites (N-methyl/N-ethyl adjacent to an activating group) is 1. The zero-order chi connectivity index (χ0) is 23.8. The van der Waals surface area contributed by atoms with Gasteiger partial charge in [-0.2, -0.15) is 31.6 Å². The fraction of sp³-hybridized carbons (Fsp3) is 0.350. The van der Waals surface area contributed by atoms with Crippen LogP contribution in [0.15, 0.2) is 30.3 Å². The summed E-state index contributed by atoms with van der Waals surface area (Å²) in [6.45, 7) is -0.0754. The zero-order valence-corrected chi connectivity index (χ0v) is 16.4. The largest absolute Gasteiger partial charge is 0.433 e. The van der Waals surface area contributed by atoms with Crippen LogP contribution in [-0.2, 0) is 17.1 Å². The number of pyridine rings is 1. The molecule has 1 unspecified atom stereocenters. The Labute approximate surface area is 177 Å². The van der Waals surface area contributed by atoms with E-state index in [1.165, 1.54) is 25.2 Å². The van der Waals surface area contributed by atoms with E-state index in [1.807, 2.05) is 0 Å². The Morgan fingerprint density at radius 1 is 1.16 bits per heavy atom. The SMILES string of the molecule is CN(C(=O)C1CCCN1c1nc(C(F)(F)F)cc(C(F)(F)F)c1C#N)c1ccc(F)cc1. The number of nitrogens with zero attached hydrogens (tertiary/aromatic N) is 4. The van der Waals surface area contributed by atoms with Gasteiger partial charge in [-0.1, -0.05) is 0 Å². The lowest BCUT2D eigenvalue weighted by atomic mass is 10.1. The Hall–Kier alpha value is -3.36. The number of hydrogen-bond acceptors (Lipinski definition) is 4. The number of anilines is 2. The highest BCUT2D eigenvalue weighted by Crippen LogP contribution is 2.41. The van der Waals surface area contributed by atoms with Crippen molar-refractivity contribution < 1.29 is 35.5 Å². The molecule has 0 spiro atoms. The molecule has 0 saturated carbocycles. The standard InChI is InChI=1S/C20H15F7N4O/c1-30(12-6-4-11(21)5-7-12)18(32)15-3-2-8-31(15)17-13(10-28)14(19(22,23)24)9-16(29-17)20(25,26)27/h4-7,9,15H,2-3,8H2,1H3. The molecule has 170 valence electrons. The number of alkyl halides is 6. The van der Waals surface area contributed by atoms with Crippen molar-refractivity contribution in [3.8, 4) is 6.07 Å². The lowest BCUT2D eigenvalue weighted by molar-refractivity contribution is -0.145. The summed E-state index contributed by atoms with van der Waals surface area (Å²) in [5, 5.41) is 9.33. The van der Waals surface area contributed by atoms with E-state index < -0.39 is 52.8 Å². The lowest BCUT2D eigenvalue weighted by Crippen LogP contribution is -2.45. The second-order valence-corrected chi connectivity index (χ2v) is 7.09. The van der Waals surface area contributed by atoms with Crippen LogP contribution in [0.4, 0.5) is 42.2 Å². The fourth-order valence-electron chi connectivity index (χ4n) is 3.51. The normalized spacial score (nSPS) is 16.7. The minimum Gasteiger partial charge on any atom is -0.343 e. The van der Waals surface area contributed by atoms with Crippen LogP contribution in [0.5, 0.6) is 0 Å². The Morgan fingerprint density at radius 3 is 2.31 bits per heavy atom. The number of hydrogen-bond donors (Lipinski definition) is 0. The van der Waals surface area contributed by atoms with E-state index >= 15 is 0 Å². The third-order valence-corrected chi connectivity index (χ3v) is 5.06. The minimum atomic E-state index is -5.24. The number of benzene rings is 1. The van der Waals surface area contributed by atoms with Gasteiger partial charge in [-0.15, -0.1) is 0 Å². The van der Waals surface area contributed by atoms with E-state index in [0.717, 1.165) is 21.9 Å². The molecule has 1 aliphatic heterocycles. The van der Waals surface area contributed by atoms with Crippen LogP contribution in [0.25, 0.3) is 0 Å². The maximum absolute atomic E-state index is 13.4. The van der Waals surface area contributed by atoms with Crippen LogP contribution in [0.2, 0.25) is 0 Å². The van der Waals surface area contributed by atoms with E-state index in [0.29, 0.717) is 0 Å². The van der Waals surface area contributed by atoms with Gasteiger partial charge in [0.2, 0.25) is 5.91 Å². The summed E-state index contributed by atoms with van der Waals surface area (Å²) >= 11 is 0. The van der Waals surface area contributed by atoms with Crippen LogP contribution < -0.4 is 9.80 Å². The summed E-state index contributed by atoms with van der Waals surface area (Å²) in [4.78, 5) is 18.4. The Bertz CT molecular complexity index is 1060. The van der Waals surface area contributed by atoms with E-state index in [9.17, 15) is 40.8 Å². The summed E-state index contributed by atoms with van der Waals surface area (Å²) in [7, 11) is 1.35. The highest BCUT2D eigenvalue weighted by Gasteiger charge is 2.44. The number of carbonyl (C=O) groups is 1. The third kappa shape index (κ3) is 4.46. The molecular formula is C20H15F7N4O. The third-order valence-electron chi connectivity index (χ3n) is 5.06. The van der Waals surface area contributed by atoms with Crippen LogP contribution in [0, 0.1) is 17.1 Å². The van der Waals surface area contributed by atoms with Crippen molar-refractivity contribution in [3.63, 3.8) is 0 Å². The van der Waals surface area contributed by atoms with Gasteiger partial charge in [0.1, 0.15) is 35.0 Å². The molecule has 12 heteroatoms.